The minimum atomic E-state index is -4.55. The number of aliphatic carboxylic acids is 1. The van der Waals surface area contributed by atoms with E-state index in [4.69, 9.17) is 18.6 Å². The molecule has 0 bridgehead atoms. The Hall–Kier alpha value is -5.34. The lowest BCUT2D eigenvalue weighted by Gasteiger charge is -2.22. The predicted molar refractivity (Wildman–Crippen MR) is 195 cm³/mol. The van der Waals surface area contributed by atoms with E-state index in [2.05, 4.69) is 4.98 Å². The molecule has 55 heavy (non-hydrogen) atoms. The van der Waals surface area contributed by atoms with Gasteiger partial charge in [0, 0.05) is 35.8 Å². The van der Waals surface area contributed by atoms with Crippen LogP contribution in [0.25, 0.3) is 56.2 Å². The predicted octanol–water partition coefficient (Wildman–Crippen LogP) is 9.85. The molecular formula is C41H37F5N4O5. The fourth-order valence-corrected chi connectivity index (χ4v) is 7.98. The van der Waals surface area contributed by atoms with Gasteiger partial charge in [0.1, 0.15) is 22.8 Å². The SMILES string of the molecule is Cc1c(-c2nc3cc(CN4CCC[C@H]4C(=O)O)c(OC(F)F)cc3o2)cccc1-c1cccc(-c2nc3cc(CN4CCCC4)c(C(F)(F)F)cc3o2)c1C. The molecule has 9 nitrogen and oxygen atoms in total. The quantitative estimate of drug-likeness (QED) is 0.137. The fraction of sp³-hybridized carbons (Fsp3) is 0.341. The summed E-state index contributed by atoms with van der Waals surface area (Å²) in [7, 11) is 0. The van der Waals surface area contributed by atoms with E-state index in [1.807, 2.05) is 55.1 Å². The average Bonchev–Trinajstić information content (AvgIpc) is 3.95. The maximum Gasteiger partial charge on any atom is 0.416 e. The van der Waals surface area contributed by atoms with Crippen molar-refractivity contribution in [2.24, 2.45) is 0 Å². The van der Waals surface area contributed by atoms with E-state index in [0.29, 0.717) is 47.1 Å². The molecule has 8 rings (SSSR count). The van der Waals surface area contributed by atoms with E-state index in [0.717, 1.165) is 54.3 Å². The Balaban J connectivity index is 1.14. The van der Waals surface area contributed by atoms with Crippen LogP contribution in [-0.4, -0.2) is 63.1 Å². The van der Waals surface area contributed by atoms with E-state index in [1.54, 1.807) is 11.0 Å². The number of hydrogen-bond acceptors (Lipinski definition) is 8. The van der Waals surface area contributed by atoms with Crippen molar-refractivity contribution in [3.8, 4) is 39.8 Å². The number of hydrogen-bond donors (Lipinski definition) is 1. The number of fused-ring (bicyclic) bond motifs is 2. The van der Waals surface area contributed by atoms with Gasteiger partial charge in [-0.05, 0) is 117 Å². The summed E-state index contributed by atoms with van der Waals surface area (Å²) in [5.41, 5.74) is 5.37. The monoisotopic (exact) mass is 760 g/mol. The van der Waals surface area contributed by atoms with Crippen molar-refractivity contribution >= 4 is 28.2 Å². The highest BCUT2D eigenvalue weighted by Gasteiger charge is 2.35. The van der Waals surface area contributed by atoms with Gasteiger partial charge >= 0.3 is 18.8 Å². The maximum atomic E-state index is 14.2. The Bertz CT molecular complexity index is 2420. The molecule has 0 saturated carbocycles. The highest BCUT2D eigenvalue weighted by atomic mass is 19.4. The molecule has 0 spiro atoms. The summed E-state index contributed by atoms with van der Waals surface area (Å²) in [6, 6.07) is 16.0. The third-order valence-electron chi connectivity index (χ3n) is 10.7. The van der Waals surface area contributed by atoms with Crippen molar-refractivity contribution in [1.29, 1.82) is 0 Å². The van der Waals surface area contributed by atoms with Crippen LogP contribution in [-0.2, 0) is 24.1 Å². The molecule has 2 saturated heterocycles. The van der Waals surface area contributed by atoms with E-state index in [-0.39, 0.29) is 47.3 Å². The Kier molecular flexibility index (Phi) is 9.58. The second-order valence-electron chi connectivity index (χ2n) is 14.2. The van der Waals surface area contributed by atoms with Crippen molar-refractivity contribution < 1.29 is 45.4 Å². The lowest BCUT2D eigenvalue weighted by Crippen LogP contribution is -2.35. The van der Waals surface area contributed by atoms with Crippen LogP contribution in [0, 0.1) is 13.8 Å². The smallest absolute Gasteiger partial charge is 0.416 e. The number of likely N-dealkylation sites (tertiary alicyclic amines) is 2. The molecule has 1 atom stereocenters. The largest absolute Gasteiger partial charge is 0.480 e. The van der Waals surface area contributed by atoms with Crippen LogP contribution in [0.5, 0.6) is 5.75 Å². The molecule has 0 radical (unpaired) electrons. The molecule has 6 aromatic rings. The highest BCUT2D eigenvalue weighted by Crippen LogP contribution is 2.41. The molecule has 4 aromatic carbocycles. The summed E-state index contributed by atoms with van der Waals surface area (Å²) in [5.74, 6) is -0.632. The molecular weight excluding hydrogens is 723 g/mol. The Morgan fingerprint density at radius 2 is 1.38 bits per heavy atom. The number of carboxylic acid groups (broad SMARTS) is 1. The summed E-state index contributed by atoms with van der Waals surface area (Å²) in [6.07, 6.45) is -1.49. The Morgan fingerprint density at radius 1 is 0.818 bits per heavy atom. The third-order valence-corrected chi connectivity index (χ3v) is 10.7. The van der Waals surface area contributed by atoms with Crippen LogP contribution >= 0.6 is 0 Å². The summed E-state index contributed by atoms with van der Waals surface area (Å²) in [5, 5.41) is 9.65. The zero-order chi connectivity index (χ0) is 38.6. The van der Waals surface area contributed by atoms with Gasteiger partial charge in [0.25, 0.3) is 0 Å². The average molecular weight is 761 g/mol. The van der Waals surface area contributed by atoms with Gasteiger partial charge in [-0.2, -0.15) is 22.0 Å². The van der Waals surface area contributed by atoms with Crippen molar-refractivity contribution in [3.63, 3.8) is 0 Å². The molecule has 2 aliphatic rings. The molecule has 0 amide bonds. The first-order valence-electron chi connectivity index (χ1n) is 18.1. The first-order valence-corrected chi connectivity index (χ1v) is 18.1. The molecule has 0 unspecified atom stereocenters. The van der Waals surface area contributed by atoms with E-state index < -0.39 is 30.4 Å². The van der Waals surface area contributed by atoms with Gasteiger partial charge in [0.05, 0.1) is 5.56 Å². The first kappa shape index (κ1) is 36.6. The number of halogens is 5. The van der Waals surface area contributed by atoms with E-state index in [9.17, 15) is 31.9 Å². The summed E-state index contributed by atoms with van der Waals surface area (Å²) in [4.78, 5) is 24.9. The van der Waals surface area contributed by atoms with Crippen molar-refractivity contribution in [1.82, 2.24) is 19.8 Å². The second-order valence-corrected chi connectivity index (χ2v) is 14.2. The van der Waals surface area contributed by atoms with Gasteiger partial charge in [-0.3, -0.25) is 14.6 Å². The van der Waals surface area contributed by atoms with Gasteiger partial charge in [-0.1, -0.05) is 24.3 Å². The van der Waals surface area contributed by atoms with E-state index >= 15 is 0 Å². The number of nitrogens with zero attached hydrogens (tertiary/aromatic N) is 4. The van der Waals surface area contributed by atoms with Gasteiger partial charge in [0.2, 0.25) is 11.8 Å². The van der Waals surface area contributed by atoms with Crippen LogP contribution in [0.4, 0.5) is 22.0 Å². The van der Waals surface area contributed by atoms with Gasteiger partial charge in [-0.15, -0.1) is 0 Å². The van der Waals surface area contributed by atoms with Crippen molar-refractivity contribution in [3.05, 3.63) is 88.5 Å². The van der Waals surface area contributed by atoms with Gasteiger partial charge in [0.15, 0.2) is 11.2 Å². The molecule has 2 aliphatic heterocycles. The lowest BCUT2D eigenvalue weighted by atomic mass is 9.91. The fourth-order valence-electron chi connectivity index (χ4n) is 7.98. The maximum absolute atomic E-state index is 14.2. The zero-order valence-electron chi connectivity index (χ0n) is 30.1. The van der Waals surface area contributed by atoms with Gasteiger partial charge in [-0.25, -0.2) is 9.97 Å². The summed E-state index contributed by atoms with van der Waals surface area (Å²) >= 11 is 0. The number of benzene rings is 4. The Morgan fingerprint density at radius 3 is 1.95 bits per heavy atom. The summed E-state index contributed by atoms with van der Waals surface area (Å²) in [6.45, 7) is 2.99. The third kappa shape index (κ3) is 7.16. The lowest BCUT2D eigenvalue weighted by molar-refractivity contribution is -0.142. The molecule has 4 heterocycles. The molecule has 286 valence electrons. The van der Waals surface area contributed by atoms with Crippen LogP contribution < -0.4 is 4.74 Å². The van der Waals surface area contributed by atoms with Crippen LogP contribution in [0.15, 0.2) is 69.5 Å². The number of ether oxygens (including phenoxy) is 1. The number of aromatic nitrogens is 2. The van der Waals surface area contributed by atoms with E-state index in [1.165, 1.54) is 12.1 Å². The topological polar surface area (TPSA) is 105 Å². The number of carbonyl (C=O) groups is 1. The number of carboxylic acids is 1. The minimum Gasteiger partial charge on any atom is -0.480 e. The van der Waals surface area contributed by atoms with Crippen LogP contribution in [0.1, 0.15) is 53.5 Å². The van der Waals surface area contributed by atoms with Crippen molar-refractivity contribution in [2.45, 2.75) is 71.4 Å². The number of alkyl halides is 5. The molecule has 2 fully saturated rings. The molecule has 14 heteroatoms. The standard InChI is InChI=1S/C41H37F5N4O5/c1-22-26(8-5-10-28(22)37-47-31-16-24(20-49-13-3-4-14-49)30(41(44,45)46)18-35(31)53-37)27-9-6-11-29(23(27)2)38-48-32-17-25(21-50-15-7-12-33(50)39(51)52)34(55-40(42)43)19-36(32)54-38/h5-6,8-11,16-19,33,40H,3-4,7,12-15,20-21H2,1-2H3,(H,51,52)/t33-/m0/s1. The van der Waals surface area contributed by atoms with Crippen LogP contribution in [0.3, 0.4) is 0 Å². The number of rotatable bonds is 10. The first-order chi connectivity index (χ1) is 26.3. The zero-order valence-corrected chi connectivity index (χ0v) is 30.1. The summed E-state index contributed by atoms with van der Waals surface area (Å²) < 4.78 is 86.5. The normalized spacial score (nSPS) is 17.0. The molecule has 2 aromatic heterocycles. The Labute approximate surface area is 312 Å². The van der Waals surface area contributed by atoms with Crippen LogP contribution in [0.2, 0.25) is 0 Å². The molecule has 1 N–H and O–H groups in total. The molecule has 0 aliphatic carbocycles. The second kappa shape index (κ2) is 14.4. The van der Waals surface area contributed by atoms with Crippen molar-refractivity contribution in [2.75, 3.05) is 19.6 Å². The number of oxazole rings is 2. The highest BCUT2D eigenvalue weighted by molar-refractivity contribution is 5.85. The van der Waals surface area contributed by atoms with Gasteiger partial charge < -0.3 is 18.7 Å². The minimum absolute atomic E-state index is 0.0545.